The fourth-order valence-corrected chi connectivity index (χ4v) is 2.11. The summed E-state index contributed by atoms with van der Waals surface area (Å²) in [5.41, 5.74) is 3.05. The van der Waals surface area contributed by atoms with Gasteiger partial charge in [-0.05, 0) is 23.8 Å². The molecule has 3 aromatic rings. The van der Waals surface area contributed by atoms with E-state index in [4.69, 9.17) is 0 Å². The zero-order valence-corrected chi connectivity index (χ0v) is 10.0. The maximum absolute atomic E-state index is 9.41. The molecule has 0 atom stereocenters. The van der Waals surface area contributed by atoms with Crippen molar-refractivity contribution >= 4 is 11.0 Å². The Morgan fingerprint density at radius 1 is 1.22 bits per heavy atom. The third-order valence-corrected chi connectivity index (χ3v) is 3.02. The highest BCUT2D eigenvalue weighted by Gasteiger charge is 2.08. The average molecular weight is 239 g/mol. The molecule has 0 spiro atoms. The molecule has 0 bridgehead atoms. The lowest BCUT2D eigenvalue weighted by molar-refractivity contribution is 0.472. The Kier molecular flexibility index (Phi) is 2.48. The first-order valence-electron chi connectivity index (χ1n) is 5.77. The van der Waals surface area contributed by atoms with E-state index in [2.05, 4.69) is 14.5 Å². The summed E-state index contributed by atoms with van der Waals surface area (Å²) in [6.45, 7) is 0. The lowest BCUT2D eigenvalue weighted by atomic mass is 10.2. The second-order valence-electron chi connectivity index (χ2n) is 4.30. The van der Waals surface area contributed by atoms with Gasteiger partial charge in [-0.1, -0.05) is 12.1 Å². The topological polar surface area (TPSA) is 50.9 Å². The quantitative estimate of drug-likeness (QED) is 0.746. The highest BCUT2D eigenvalue weighted by molar-refractivity contribution is 5.75. The number of para-hydroxylation sites is 2. The predicted octanol–water partition coefficient (Wildman–Crippen LogP) is 2.26. The molecule has 0 amide bonds. The van der Waals surface area contributed by atoms with Crippen molar-refractivity contribution in [3.63, 3.8) is 0 Å². The molecule has 1 N–H and O–H groups in total. The largest absolute Gasteiger partial charge is 0.506 e. The molecule has 0 fully saturated rings. The smallest absolute Gasteiger partial charge is 0.134 e. The third-order valence-electron chi connectivity index (χ3n) is 3.02. The van der Waals surface area contributed by atoms with Crippen molar-refractivity contribution in [1.82, 2.24) is 14.5 Å². The summed E-state index contributed by atoms with van der Waals surface area (Å²) in [4.78, 5) is 8.57. The van der Waals surface area contributed by atoms with E-state index < -0.39 is 0 Å². The van der Waals surface area contributed by atoms with Crippen LogP contribution < -0.4 is 0 Å². The van der Waals surface area contributed by atoms with E-state index in [0.717, 1.165) is 22.4 Å². The van der Waals surface area contributed by atoms with Crippen molar-refractivity contribution in [2.24, 2.45) is 7.05 Å². The van der Waals surface area contributed by atoms with Crippen LogP contribution in [0.1, 0.15) is 11.4 Å². The van der Waals surface area contributed by atoms with Crippen molar-refractivity contribution in [2.75, 3.05) is 0 Å². The summed E-state index contributed by atoms with van der Waals surface area (Å²) >= 11 is 0. The van der Waals surface area contributed by atoms with E-state index >= 15 is 0 Å². The maximum Gasteiger partial charge on any atom is 0.134 e. The van der Waals surface area contributed by atoms with Crippen LogP contribution in [0.25, 0.3) is 11.0 Å². The monoisotopic (exact) mass is 239 g/mol. The van der Waals surface area contributed by atoms with Crippen LogP contribution in [0.2, 0.25) is 0 Å². The number of aromatic nitrogens is 3. The average Bonchev–Trinajstić information content (AvgIpc) is 2.67. The molecular weight excluding hydrogens is 226 g/mol. The van der Waals surface area contributed by atoms with Gasteiger partial charge in [-0.15, -0.1) is 0 Å². The molecule has 2 heterocycles. The number of rotatable bonds is 2. The van der Waals surface area contributed by atoms with E-state index in [9.17, 15) is 5.11 Å². The number of hydrogen-bond acceptors (Lipinski definition) is 3. The SMILES string of the molecule is Cn1c(Cc2cncc(O)c2)nc2ccccc21. The molecule has 0 radical (unpaired) electrons. The lowest BCUT2D eigenvalue weighted by Crippen LogP contribution is -1.99. The van der Waals surface area contributed by atoms with Crippen LogP contribution in [-0.4, -0.2) is 19.6 Å². The molecule has 2 aromatic heterocycles. The number of fused-ring (bicyclic) bond motifs is 1. The molecular formula is C14H13N3O. The fraction of sp³-hybridized carbons (Fsp3) is 0.143. The Morgan fingerprint density at radius 3 is 2.83 bits per heavy atom. The van der Waals surface area contributed by atoms with E-state index in [1.54, 1.807) is 12.3 Å². The number of aromatic hydroxyl groups is 1. The van der Waals surface area contributed by atoms with Gasteiger partial charge in [-0.3, -0.25) is 4.98 Å². The van der Waals surface area contributed by atoms with Gasteiger partial charge in [0.1, 0.15) is 11.6 Å². The Labute approximate surface area is 105 Å². The van der Waals surface area contributed by atoms with Crippen LogP contribution >= 0.6 is 0 Å². The van der Waals surface area contributed by atoms with Gasteiger partial charge in [0.15, 0.2) is 0 Å². The summed E-state index contributed by atoms with van der Waals surface area (Å²) in [6, 6.07) is 9.75. The van der Waals surface area contributed by atoms with Crippen molar-refractivity contribution in [3.8, 4) is 5.75 Å². The van der Waals surface area contributed by atoms with Crippen LogP contribution in [0.5, 0.6) is 5.75 Å². The first-order chi connectivity index (χ1) is 8.74. The molecule has 0 saturated carbocycles. The van der Waals surface area contributed by atoms with Gasteiger partial charge in [0, 0.05) is 19.7 Å². The van der Waals surface area contributed by atoms with E-state index in [0.29, 0.717) is 6.42 Å². The molecule has 0 aliphatic heterocycles. The predicted molar refractivity (Wildman–Crippen MR) is 69.4 cm³/mol. The van der Waals surface area contributed by atoms with Crippen LogP contribution in [-0.2, 0) is 13.5 Å². The second-order valence-corrected chi connectivity index (χ2v) is 4.30. The molecule has 4 heteroatoms. The van der Waals surface area contributed by atoms with Crippen LogP contribution in [0.15, 0.2) is 42.7 Å². The summed E-state index contributed by atoms with van der Waals surface area (Å²) < 4.78 is 2.07. The van der Waals surface area contributed by atoms with E-state index in [1.165, 1.54) is 6.20 Å². The van der Waals surface area contributed by atoms with Gasteiger partial charge in [0.05, 0.1) is 17.2 Å². The van der Waals surface area contributed by atoms with Crippen molar-refractivity contribution in [3.05, 3.63) is 54.1 Å². The van der Waals surface area contributed by atoms with Crippen LogP contribution in [0.4, 0.5) is 0 Å². The zero-order chi connectivity index (χ0) is 12.5. The standard InChI is InChI=1S/C14H13N3O/c1-17-13-5-3-2-4-12(13)16-14(17)7-10-6-11(18)9-15-8-10/h2-6,8-9,18H,7H2,1H3. The highest BCUT2D eigenvalue weighted by atomic mass is 16.3. The minimum atomic E-state index is 0.186. The first kappa shape index (κ1) is 10.8. The number of imidazole rings is 1. The molecule has 4 nitrogen and oxygen atoms in total. The molecule has 0 aliphatic rings. The Bertz CT molecular complexity index is 703. The van der Waals surface area contributed by atoms with Gasteiger partial charge in [-0.2, -0.15) is 0 Å². The summed E-state index contributed by atoms with van der Waals surface area (Å²) in [5.74, 6) is 1.15. The summed E-state index contributed by atoms with van der Waals surface area (Å²) in [5, 5.41) is 9.41. The first-order valence-corrected chi connectivity index (χ1v) is 5.77. The Balaban J connectivity index is 2.02. The normalized spacial score (nSPS) is 10.9. The minimum absolute atomic E-state index is 0.186. The highest BCUT2D eigenvalue weighted by Crippen LogP contribution is 2.18. The lowest BCUT2D eigenvalue weighted by Gasteiger charge is -2.02. The Morgan fingerprint density at radius 2 is 2.06 bits per heavy atom. The van der Waals surface area contributed by atoms with Crippen LogP contribution in [0.3, 0.4) is 0 Å². The molecule has 0 aliphatic carbocycles. The molecule has 18 heavy (non-hydrogen) atoms. The van der Waals surface area contributed by atoms with Gasteiger partial charge >= 0.3 is 0 Å². The number of nitrogens with zero attached hydrogens (tertiary/aromatic N) is 3. The van der Waals surface area contributed by atoms with E-state index in [1.807, 2.05) is 31.3 Å². The summed E-state index contributed by atoms with van der Waals surface area (Å²) in [7, 11) is 2.00. The van der Waals surface area contributed by atoms with Gasteiger partial charge < -0.3 is 9.67 Å². The minimum Gasteiger partial charge on any atom is -0.506 e. The maximum atomic E-state index is 9.41. The molecule has 90 valence electrons. The number of hydrogen-bond donors (Lipinski definition) is 1. The molecule has 0 saturated heterocycles. The molecule has 1 aromatic carbocycles. The van der Waals surface area contributed by atoms with Crippen molar-refractivity contribution in [2.45, 2.75) is 6.42 Å². The number of benzene rings is 1. The molecule has 3 rings (SSSR count). The van der Waals surface area contributed by atoms with Crippen molar-refractivity contribution in [1.29, 1.82) is 0 Å². The number of aryl methyl sites for hydroxylation is 1. The fourth-order valence-electron chi connectivity index (χ4n) is 2.11. The van der Waals surface area contributed by atoms with Gasteiger partial charge in [0.2, 0.25) is 0 Å². The molecule has 0 unspecified atom stereocenters. The number of pyridine rings is 1. The Hall–Kier alpha value is -2.36. The van der Waals surface area contributed by atoms with Crippen molar-refractivity contribution < 1.29 is 5.11 Å². The van der Waals surface area contributed by atoms with E-state index in [-0.39, 0.29) is 5.75 Å². The van der Waals surface area contributed by atoms with Crippen LogP contribution in [0, 0.1) is 0 Å². The third kappa shape index (κ3) is 1.82. The van der Waals surface area contributed by atoms with Gasteiger partial charge in [0.25, 0.3) is 0 Å². The summed E-state index contributed by atoms with van der Waals surface area (Å²) in [6.07, 6.45) is 3.84. The second kappa shape index (κ2) is 4.14. The van der Waals surface area contributed by atoms with Gasteiger partial charge in [-0.25, -0.2) is 4.98 Å². The zero-order valence-electron chi connectivity index (χ0n) is 10.0.